The van der Waals surface area contributed by atoms with Crippen molar-refractivity contribution in [2.75, 3.05) is 11.4 Å². The number of carboxylic acid groups (broad SMARTS) is 1. The Hall–Kier alpha value is -2.48. The minimum atomic E-state index is -1.12. The van der Waals surface area contributed by atoms with Crippen LogP contribution >= 0.6 is 0 Å². The summed E-state index contributed by atoms with van der Waals surface area (Å²) in [7, 11) is 0. The quantitative estimate of drug-likeness (QED) is 0.822. The summed E-state index contributed by atoms with van der Waals surface area (Å²) in [6.45, 7) is 0.575. The molecule has 0 radical (unpaired) electrons. The van der Waals surface area contributed by atoms with Crippen molar-refractivity contribution >= 4 is 17.7 Å². The van der Waals surface area contributed by atoms with E-state index in [-0.39, 0.29) is 6.42 Å². The standard InChI is InChI=1S/C15H16N2O3/c1-2-6-12(14(18)19)16-15(20)17-10-5-8-11-7-3-4-9-13(11)17/h1,3-4,7,9,12H,5-6,8,10H2,(H,16,20)(H,18,19). The monoisotopic (exact) mass is 272 g/mol. The van der Waals surface area contributed by atoms with E-state index in [1.54, 1.807) is 4.90 Å². The van der Waals surface area contributed by atoms with Crippen LogP contribution in [-0.2, 0) is 11.2 Å². The number of carbonyl (C=O) groups is 2. The Balaban J connectivity index is 2.14. The predicted molar refractivity (Wildman–Crippen MR) is 75.5 cm³/mol. The van der Waals surface area contributed by atoms with E-state index in [1.807, 2.05) is 24.3 Å². The molecule has 5 heteroatoms. The molecule has 0 bridgehead atoms. The molecule has 20 heavy (non-hydrogen) atoms. The lowest BCUT2D eigenvalue weighted by Crippen LogP contribution is -2.49. The van der Waals surface area contributed by atoms with Gasteiger partial charge in [0, 0.05) is 18.7 Å². The van der Waals surface area contributed by atoms with Crippen LogP contribution < -0.4 is 10.2 Å². The largest absolute Gasteiger partial charge is 0.480 e. The zero-order valence-electron chi connectivity index (χ0n) is 11.0. The van der Waals surface area contributed by atoms with Gasteiger partial charge in [-0.15, -0.1) is 12.3 Å². The van der Waals surface area contributed by atoms with Crippen molar-refractivity contribution in [2.45, 2.75) is 25.3 Å². The molecule has 1 aromatic rings. The summed E-state index contributed by atoms with van der Waals surface area (Å²) in [6, 6.07) is 6.16. The summed E-state index contributed by atoms with van der Waals surface area (Å²) in [5.74, 6) is 1.14. The molecule has 0 aromatic heterocycles. The van der Waals surface area contributed by atoms with Crippen molar-refractivity contribution in [3.05, 3.63) is 29.8 Å². The van der Waals surface area contributed by atoms with Gasteiger partial charge in [-0.1, -0.05) is 18.2 Å². The second-order valence-corrected chi connectivity index (χ2v) is 4.63. The van der Waals surface area contributed by atoms with Crippen molar-refractivity contribution in [2.24, 2.45) is 0 Å². The van der Waals surface area contributed by atoms with Crippen LogP contribution in [0.1, 0.15) is 18.4 Å². The highest BCUT2D eigenvalue weighted by atomic mass is 16.4. The van der Waals surface area contributed by atoms with E-state index in [2.05, 4.69) is 11.2 Å². The van der Waals surface area contributed by atoms with Gasteiger partial charge in [-0.2, -0.15) is 0 Å². The maximum Gasteiger partial charge on any atom is 0.327 e. The number of hydrogen-bond acceptors (Lipinski definition) is 2. The summed E-state index contributed by atoms with van der Waals surface area (Å²) in [5, 5.41) is 11.5. The fourth-order valence-electron chi connectivity index (χ4n) is 2.29. The third-order valence-electron chi connectivity index (χ3n) is 3.27. The van der Waals surface area contributed by atoms with E-state index in [0.29, 0.717) is 6.54 Å². The predicted octanol–water partition coefficient (Wildman–Crippen LogP) is 1.63. The van der Waals surface area contributed by atoms with Crippen LogP contribution in [-0.4, -0.2) is 29.7 Å². The minimum Gasteiger partial charge on any atom is -0.480 e. The number of carbonyl (C=O) groups excluding carboxylic acids is 1. The lowest BCUT2D eigenvalue weighted by atomic mass is 10.0. The number of carboxylic acids is 1. The van der Waals surface area contributed by atoms with Gasteiger partial charge in [-0.25, -0.2) is 9.59 Å². The number of fused-ring (bicyclic) bond motifs is 1. The van der Waals surface area contributed by atoms with E-state index < -0.39 is 18.0 Å². The Morgan fingerprint density at radius 2 is 2.20 bits per heavy atom. The number of nitrogens with zero attached hydrogens (tertiary/aromatic N) is 1. The van der Waals surface area contributed by atoms with E-state index in [1.165, 1.54) is 0 Å². The Morgan fingerprint density at radius 1 is 1.45 bits per heavy atom. The normalized spacial score (nSPS) is 14.8. The van der Waals surface area contributed by atoms with Crippen LogP contribution in [0, 0.1) is 12.3 Å². The molecule has 2 N–H and O–H groups in total. The molecule has 2 amide bonds. The van der Waals surface area contributed by atoms with Gasteiger partial charge in [0.2, 0.25) is 0 Å². The number of hydrogen-bond donors (Lipinski definition) is 2. The topological polar surface area (TPSA) is 69.6 Å². The van der Waals surface area contributed by atoms with Gasteiger partial charge in [-0.3, -0.25) is 4.90 Å². The van der Waals surface area contributed by atoms with Crippen LogP contribution in [0.2, 0.25) is 0 Å². The molecule has 104 valence electrons. The average Bonchev–Trinajstić information content (AvgIpc) is 2.46. The lowest BCUT2D eigenvalue weighted by Gasteiger charge is -2.30. The van der Waals surface area contributed by atoms with Crippen molar-refractivity contribution in [1.82, 2.24) is 5.32 Å². The van der Waals surface area contributed by atoms with E-state index in [4.69, 9.17) is 11.5 Å². The molecule has 0 fully saturated rings. The second kappa shape index (κ2) is 6.11. The van der Waals surface area contributed by atoms with Crippen molar-refractivity contribution in [3.8, 4) is 12.3 Å². The number of para-hydroxylation sites is 1. The lowest BCUT2D eigenvalue weighted by molar-refractivity contribution is -0.139. The van der Waals surface area contributed by atoms with Crippen molar-refractivity contribution < 1.29 is 14.7 Å². The highest BCUT2D eigenvalue weighted by Gasteiger charge is 2.26. The Bertz CT molecular complexity index is 562. The van der Waals surface area contributed by atoms with Crippen molar-refractivity contribution in [3.63, 3.8) is 0 Å². The van der Waals surface area contributed by atoms with Gasteiger partial charge in [0.15, 0.2) is 0 Å². The number of amides is 2. The molecule has 0 spiro atoms. The smallest absolute Gasteiger partial charge is 0.327 e. The van der Waals surface area contributed by atoms with E-state index in [0.717, 1.165) is 24.1 Å². The Labute approximate surface area is 117 Å². The first-order chi connectivity index (χ1) is 9.63. The van der Waals surface area contributed by atoms with Gasteiger partial charge in [0.25, 0.3) is 0 Å². The van der Waals surface area contributed by atoms with Crippen LogP contribution in [0.3, 0.4) is 0 Å². The molecule has 1 aliphatic rings. The van der Waals surface area contributed by atoms with Crippen LogP contribution in [0.5, 0.6) is 0 Å². The first-order valence-corrected chi connectivity index (χ1v) is 6.45. The fourth-order valence-corrected chi connectivity index (χ4v) is 2.29. The molecule has 1 aliphatic heterocycles. The highest BCUT2D eigenvalue weighted by Crippen LogP contribution is 2.26. The third-order valence-corrected chi connectivity index (χ3v) is 3.27. The zero-order valence-corrected chi connectivity index (χ0v) is 11.0. The molecule has 1 atom stereocenters. The SMILES string of the molecule is C#CCC(NC(=O)N1CCCc2ccccc21)C(=O)O. The molecule has 0 saturated heterocycles. The molecule has 5 nitrogen and oxygen atoms in total. The van der Waals surface area contributed by atoms with Gasteiger partial charge in [-0.05, 0) is 24.5 Å². The van der Waals surface area contributed by atoms with Crippen LogP contribution in [0.4, 0.5) is 10.5 Å². The Morgan fingerprint density at radius 3 is 2.90 bits per heavy atom. The number of nitrogens with one attached hydrogen (secondary N) is 1. The number of terminal acetylenes is 1. The molecular formula is C15H16N2O3. The number of anilines is 1. The molecule has 0 saturated carbocycles. The van der Waals surface area contributed by atoms with E-state index in [9.17, 15) is 9.59 Å². The highest BCUT2D eigenvalue weighted by molar-refractivity contribution is 5.95. The van der Waals surface area contributed by atoms with Crippen molar-refractivity contribution in [1.29, 1.82) is 0 Å². The zero-order chi connectivity index (χ0) is 14.5. The minimum absolute atomic E-state index is 0.0312. The molecule has 1 unspecified atom stereocenters. The first kappa shape index (κ1) is 13.9. The summed E-state index contributed by atoms with van der Waals surface area (Å²) in [5.41, 5.74) is 1.93. The number of benzene rings is 1. The molecule has 2 rings (SSSR count). The molecule has 1 heterocycles. The first-order valence-electron chi connectivity index (χ1n) is 6.45. The molecule has 0 aliphatic carbocycles. The summed E-state index contributed by atoms with van der Waals surface area (Å²) >= 11 is 0. The maximum atomic E-state index is 12.2. The van der Waals surface area contributed by atoms with Gasteiger partial charge in [0.05, 0.1) is 0 Å². The van der Waals surface area contributed by atoms with Crippen LogP contribution in [0.25, 0.3) is 0 Å². The second-order valence-electron chi connectivity index (χ2n) is 4.63. The summed E-state index contributed by atoms with van der Waals surface area (Å²) in [6.07, 6.45) is 6.87. The summed E-state index contributed by atoms with van der Waals surface area (Å²) < 4.78 is 0. The number of aliphatic carboxylic acids is 1. The third kappa shape index (κ3) is 2.91. The fraction of sp³-hybridized carbons (Fsp3) is 0.333. The van der Waals surface area contributed by atoms with Crippen LogP contribution in [0.15, 0.2) is 24.3 Å². The average molecular weight is 272 g/mol. The molecule has 1 aromatic carbocycles. The molecular weight excluding hydrogens is 256 g/mol. The number of aryl methyl sites for hydroxylation is 1. The maximum absolute atomic E-state index is 12.2. The number of urea groups is 1. The van der Waals surface area contributed by atoms with Gasteiger partial charge in [0.1, 0.15) is 6.04 Å². The Kier molecular flexibility index (Phi) is 4.26. The summed E-state index contributed by atoms with van der Waals surface area (Å²) in [4.78, 5) is 24.8. The van der Waals surface area contributed by atoms with E-state index >= 15 is 0 Å². The number of rotatable bonds is 3. The van der Waals surface area contributed by atoms with Gasteiger partial charge < -0.3 is 10.4 Å². The van der Waals surface area contributed by atoms with Gasteiger partial charge >= 0.3 is 12.0 Å².